The Kier molecular flexibility index (Phi) is 60.8. The van der Waals surface area contributed by atoms with E-state index in [1.54, 1.807) is 6.92 Å². The zero-order valence-electron chi connectivity index (χ0n) is 9.98. The number of carboxylic acids is 1. The van der Waals surface area contributed by atoms with Crippen LogP contribution in [0.2, 0.25) is 0 Å². The van der Waals surface area contributed by atoms with Crippen LogP contribution in [0.4, 0.5) is 0 Å². The first-order chi connectivity index (χ1) is 7.18. The summed E-state index contributed by atoms with van der Waals surface area (Å²) >= 11 is 0. The Morgan fingerprint density at radius 2 is 1.29 bits per heavy atom. The first-order valence-electron chi connectivity index (χ1n) is 5.14. The number of hydrogen-bond donors (Lipinski definition) is 4. The monoisotopic (exact) mass is 455 g/mol. The predicted molar refractivity (Wildman–Crippen MR) is 105 cm³/mol. The van der Waals surface area contributed by atoms with E-state index in [-0.39, 0.29) is 104 Å². The zero-order valence-corrected chi connectivity index (χ0v) is 13.7. The van der Waals surface area contributed by atoms with Crippen molar-refractivity contribution < 1.29 is 62.1 Å². The molecular formula is C16H47O6PY. The van der Waals surface area contributed by atoms with Gasteiger partial charge in [-0.25, -0.2) is 0 Å². The van der Waals surface area contributed by atoms with Crippen LogP contribution in [-0.2, 0) is 42.1 Å². The Morgan fingerprint density at radius 3 is 1.50 bits per heavy atom. The molecule has 0 aromatic heterocycles. The molecule has 0 saturated heterocycles. The van der Waals surface area contributed by atoms with Crippen LogP contribution in [0.15, 0.2) is 0 Å². The average molecular weight is 455 g/mol. The van der Waals surface area contributed by atoms with E-state index in [2.05, 4.69) is 0 Å². The molecule has 3 atom stereocenters. The van der Waals surface area contributed by atoms with Crippen LogP contribution >= 0.6 is 7.60 Å². The molecule has 0 spiro atoms. The summed E-state index contributed by atoms with van der Waals surface area (Å²) in [5.41, 5.74) is -0.900. The van der Waals surface area contributed by atoms with Gasteiger partial charge in [-0.1, -0.05) is 65.8 Å². The zero-order chi connectivity index (χ0) is 12.9. The fraction of sp³-hybridized carbons (Fsp3) is 0.938. The summed E-state index contributed by atoms with van der Waals surface area (Å²) in [6.07, 6.45) is -0.809. The third-order valence-electron chi connectivity index (χ3n) is 2.54. The molecule has 6 nitrogen and oxygen atoms in total. The molecule has 0 aliphatic carbocycles. The third-order valence-corrected chi connectivity index (χ3v) is 4.07. The molecule has 0 aromatic rings. The number of carboxylic acid groups (broad SMARTS) is 1. The van der Waals surface area contributed by atoms with Crippen LogP contribution in [0.3, 0.4) is 0 Å². The van der Waals surface area contributed by atoms with Gasteiger partial charge < -0.3 is 20.0 Å². The van der Waals surface area contributed by atoms with Crippen molar-refractivity contribution in [1.82, 2.24) is 0 Å². The van der Waals surface area contributed by atoms with E-state index in [0.717, 1.165) is 0 Å². The molecule has 155 valence electrons. The normalized spacial score (nSPS) is 11.9. The van der Waals surface area contributed by atoms with E-state index in [9.17, 15) is 14.5 Å². The average Bonchev–Trinajstić information content (AvgIpc) is 2.11. The summed E-state index contributed by atoms with van der Waals surface area (Å²) in [5, 5.41) is 18.1. The van der Waals surface area contributed by atoms with E-state index >= 15 is 0 Å². The molecule has 3 unspecified atom stereocenters. The van der Waals surface area contributed by atoms with Crippen molar-refractivity contribution in [2.75, 3.05) is 0 Å². The van der Waals surface area contributed by atoms with E-state index < -0.39 is 31.2 Å². The van der Waals surface area contributed by atoms with E-state index in [1.165, 1.54) is 6.92 Å². The minimum Gasteiger partial charge on any atom is -0.481 e. The second-order valence-electron chi connectivity index (χ2n) is 4.02. The molecule has 24 heavy (non-hydrogen) atoms. The Morgan fingerprint density at radius 1 is 0.958 bits per heavy atom. The molecule has 0 aliphatic rings. The predicted octanol–water partition coefficient (Wildman–Crippen LogP) is 5.25. The summed E-state index contributed by atoms with van der Waals surface area (Å²) in [7, 11) is -4.20. The second kappa shape index (κ2) is 25.9. The van der Waals surface area contributed by atoms with Crippen LogP contribution in [0.1, 0.15) is 85.1 Å². The molecular weight excluding hydrogens is 408 g/mol. The maximum Gasteiger partial charge on any atom is 0.328 e. The Balaban J connectivity index is -0.0000000402. The fourth-order valence-corrected chi connectivity index (χ4v) is 2.45. The second-order valence-corrected chi connectivity index (χ2v) is 5.92. The van der Waals surface area contributed by atoms with Crippen molar-refractivity contribution >= 4 is 13.6 Å². The molecule has 8 heteroatoms. The van der Waals surface area contributed by atoms with Gasteiger partial charge in [-0.3, -0.25) is 9.36 Å². The van der Waals surface area contributed by atoms with Gasteiger partial charge in [0.25, 0.3) is 0 Å². The largest absolute Gasteiger partial charge is 0.481 e. The Hall–Kier alpha value is 0.684. The maximum absolute atomic E-state index is 11.0. The standard InChI is InChI=1S/C9H19O6P.7CH4.Y/c1-3-8(16(13,14)15)5-7(10)4-6(2)9(11)12;;;;;;;;/h6-8,10H,3-5H2,1-2H3,(H,11,12)(H2,13,14,15);7*1H4;. The van der Waals surface area contributed by atoms with Gasteiger partial charge in [0.05, 0.1) is 17.7 Å². The summed E-state index contributed by atoms with van der Waals surface area (Å²) in [5.74, 6) is -1.74. The smallest absolute Gasteiger partial charge is 0.328 e. The molecule has 0 aromatic carbocycles. The van der Waals surface area contributed by atoms with Gasteiger partial charge in [0, 0.05) is 32.7 Å². The molecule has 0 aliphatic heterocycles. The van der Waals surface area contributed by atoms with Gasteiger partial charge in [0.1, 0.15) is 0 Å². The molecule has 0 rings (SSSR count). The van der Waals surface area contributed by atoms with Gasteiger partial charge >= 0.3 is 13.6 Å². The summed E-state index contributed by atoms with van der Waals surface area (Å²) in [6, 6.07) is 0. The van der Waals surface area contributed by atoms with E-state index in [4.69, 9.17) is 14.9 Å². The van der Waals surface area contributed by atoms with Gasteiger partial charge in [-0.2, -0.15) is 0 Å². The quantitative estimate of drug-likeness (QED) is 0.390. The van der Waals surface area contributed by atoms with Crippen LogP contribution in [0.25, 0.3) is 0 Å². The summed E-state index contributed by atoms with van der Waals surface area (Å²) < 4.78 is 11.0. The molecule has 4 N–H and O–H groups in total. The first-order valence-corrected chi connectivity index (χ1v) is 6.82. The van der Waals surface area contributed by atoms with Crippen molar-refractivity contribution in [3.63, 3.8) is 0 Å². The van der Waals surface area contributed by atoms with Crippen LogP contribution in [-0.4, -0.2) is 37.7 Å². The van der Waals surface area contributed by atoms with Crippen molar-refractivity contribution in [2.45, 2.75) is 96.9 Å². The minimum atomic E-state index is -4.20. The maximum atomic E-state index is 11.0. The van der Waals surface area contributed by atoms with Crippen LogP contribution in [0.5, 0.6) is 0 Å². The first kappa shape index (κ1) is 56.3. The topological polar surface area (TPSA) is 115 Å². The number of rotatable bonds is 7. The number of aliphatic carboxylic acids is 1. The Labute approximate surface area is 177 Å². The fourth-order valence-electron chi connectivity index (χ4n) is 1.46. The van der Waals surface area contributed by atoms with Crippen molar-refractivity contribution in [1.29, 1.82) is 0 Å². The molecule has 0 saturated carbocycles. The molecule has 0 bridgehead atoms. The number of aliphatic hydroxyl groups is 1. The summed E-state index contributed by atoms with van der Waals surface area (Å²) in [4.78, 5) is 28.4. The molecule has 0 fully saturated rings. The van der Waals surface area contributed by atoms with Crippen LogP contribution < -0.4 is 0 Å². The van der Waals surface area contributed by atoms with Crippen LogP contribution in [0, 0.1) is 5.92 Å². The molecule has 0 amide bonds. The molecule has 1 radical (unpaired) electrons. The van der Waals surface area contributed by atoms with Gasteiger partial charge in [0.2, 0.25) is 0 Å². The third kappa shape index (κ3) is 24.9. The number of hydrogen-bond acceptors (Lipinski definition) is 3. The number of aliphatic hydroxyl groups excluding tert-OH is 1. The summed E-state index contributed by atoms with van der Waals surface area (Å²) in [6.45, 7) is 3.07. The van der Waals surface area contributed by atoms with Crippen molar-refractivity contribution in [3.8, 4) is 0 Å². The molecule has 0 heterocycles. The van der Waals surface area contributed by atoms with E-state index in [0.29, 0.717) is 0 Å². The SMILES string of the molecule is C.C.C.C.C.C.C.CCC(CC(O)CC(C)C(=O)O)P(=O)(O)O.[Y]. The minimum absolute atomic E-state index is 0. The van der Waals surface area contributed by atoms with Gasteiger partial charge in [-0.15, -0.1) is 0 Å². The van der Waals surface area contributed by atoms with Crippen molar-refractivity contribution in [2.24, 2.45) is 5.92 Å². The van der Waals surface area contributed by atoms with E-state index in [1.807, 2.05) is 0 Å². The number of carbonyl (C=O) groups is 1. The Bertz CT molecular complexity index is 284. The van der Waals surface area contributed by atoms with Gasteiger partial charge in [0.15, 0.2) is 0 Å². The van der Waals surface area contributed by atoms with Gasteiger partial charge in [-0.05, 0) is 19.3 Å². The van der Waals surface area contributed by atoms with Crippen molar-refractivity contribution in [3.05, 3.63) is 0 Å².